The van der Waals surface area contributed by atoms with Crippen LogP contribution in [0.5, 0.6) is 0 Å². The Kier molecular flexibility index (Phi) is 8.54. The molecule has 1 aromatic heterocycles. The third-order valence-electron chi connectivity index (χ3n) is 4.20. The highest BCUT2D eigenvalue weighted by Crippen LogP contribution is 2.22. The van der Waals surface area contributed by atoms with Crippen LogP contribution in [-0.2, 0) is 7.05 Å². The van der Waals surface area contributed by atoms with Gasteiger partial charge in [0, 0.05) is 24.3 Å². The molecule has 0 aliphatic heterocycles. The number of unbranched alkanes of at least 4 members (excludes halogenated alkanes) is 7. The highest BCUT2D eigenvalue weighted by Gasteiger charge is 2.14. The number of aryl methyl sites for hydroxylation is 1. The lowest BCUT2D eigenvalue weighted by molar-refractivity contribution is 0.473. The number of hydrazine groups is 1. The van der Waals surface area contributed by atoms with Gasteiger partial charge in [-0.1, -0.05) is 58.3 Å². The summed E-state index contributed by atoms with van der Waals surface area (Å²) in [6.45, 7) is 4.36. The summed E-state index contributed by atoms with van der Waals surface area (Å²) in [6.07, 6.45) is 13.8. The fourth-order valence-corrected chi connectivity index (χ4v) is 2.67. The summed E-state index contributed by atoms with van der Waals surface area (Å²) in [6, 6.07) is 0.240. The van der Waals surface area contributed by atoms with Gasteiger partial charge in [-0.15, -0.1) is 0 Å². The molecule has 20 heavy (non-hydrogen) atoms. The number of aromatic nitrogens is 2. The molecule has 1 rings (SSSR count). The van der Waals surface area contributed by atoms with Gasteiger partial charge in [0.25, 0.3) is 0 Å². The third kappa shape index (κ3) is 5.63. The fraction of sp³-hybridized carbons (Fsp3) is 0.812. The van der Waals surface area contributed by atoms with Crippen LogP contribution in [0.25, 0.3) is 0 Å². The van der Waals surface area contributed by atoms with Crippen LogP contribution in [0.1, 0.15) is 82.0 Å². The van der Waals surface area contributed by atoms with Crippen LogP contribution in [-0.4, -0.2) is 9.78 Å². The topological polar surface area (TPSA) is 55.9 Å². The largest absolute Gasteiger partial charge is 0.273 e. The Labute approximate surface area is 124 Å². The Bertz CT molecular complexity index is 359. The van der Waals surface area contributed by atoms with Crippen LogP contribution in [0.15, 0.2) is 6.20 Å². The van der Waals surface area contributed by atoms with Crippen molar-refractivity contribution in [3.63, 3.8) is 0 Å². The van der Waals surface area contributed by atoms with Crippen LogP contribution < -0.4 is 11.3 Å². The van der Waals surface area contributed by atoms with E-state index in [-0.39, 0.29) is 6.04 Å². The minimum atomic E-state index is 0.240. The molecule has 1 unspecified atom stereocenters. The minimum absolute atomic E-state index is 0.240. The summed E-state index contributed by atoms with van der Waals surface area (Å²) in [5.74, 6) is 5.69. The SMILES string of the molecule is CCCCCCCCCCC(NN)c1cnn(C)c1C. The summed E-state index contributed by atoms with van der Waals surface area (Å²) in [7, 11) is 1.97. The maximum absolute atomic E-state index is 5.69. The second-order valence-corrected chi connectivity index (χ2v) is 5.79. The second-order valence-electron chi connectivity index (χ2n) is 5.79. The monoisotopic (exact) mass is 280 g/mol. The standard InChI is InChI=1S/C16H32N4/c1-4-5-6-7-8-9-10-11-12-16(19-17)15-13-18-20(3)14(15)2/h13,16,19H,4-12,17H2,1-3H3. The first-order valence-corrected chi connectivity index (χ1v) is 8.15. The molecule has 0 radical (unpaired) electrons. The Balaban J connectivity index is 2.18. The smallest absolute Gasteiger partial charge is 0.0540 e. The molecule has 0 aromatic carbocycles. The lowest BCUT2D eigenvalue weighted by atomic mass is 10.0. The van der Waals surface area contributed by atoms with Crippen LogP contribution in [0, 0.1) is 6.92 Å². The molecule has 116 valence electrons. The van der Waals surface area contributed by atoms with Crippen molar-refractivity contribution in [2.75, 3.05) is 0 Å². The molecule has 0 saturated heterocycles. The molecule has 0 bridgehead atoms. The molecular weight excluding hydrogens is 248 g/mol. The van der Waals surface area contributed by atoms with E-state index in [1.54, 1.807) is 0 Å². The Morgan fingerprint density at radius 2 is 1.75 bits per heavy atom. The first-order valence-electron chi connectivity index (χ1n) is 8.15. The van der Waals surface area contributed by atoms with Crippen LogP contribution in [0.2, 0.25) is 0 Å². The fourth-order valence-electron chi connectivity index (χ4n) is 2.67. The van der Waals surface area contributed by atoms with Crippen molar-refractivity contribution >= 4 is 0 Å². The first-order chi connectivity index (χ1) is 9.70. The lowest BCUT2D eigenvalue weighted by Crippen LogP contribution is -2.28. The van der Waals surface area contributed by atoms with Gasteiger partial charge in [-0.05, 0) is 13.3 Å². The normalized spacial score (nSPS) is 12.8. The van der Waals surface area contributed by atoms with E-state index in [2.05, 4.69) is 24.4 Å². The summed E-state index contributed by atoms with van der Waals surface area (Å²) < 4.78 is 1.91. The molecule has 0 amide bonds. The Hall–Kier alpha value is -0.870. The first kappa shape index (κ1) is 17.2. The molecule has 4 heteroatoms. The van der Waals surface area contributed by atoms with Gasteiger partial charge in [0.05, 0.1) is 6.20 Å². The quantitative estimate of drug-likeness (QED) is 0.368. The van der Waals surface area contributed by atoms with Gasteiger partial charge in [0.15, 0.2) is 0 Å². The van der Waals surface area contributed by atoms with Crippen molar-refractivity contribution in [1.29, 1.82) is 0 Å². The molecule has 1 atom stereocenters. The molecule has 0 aliphatic rings. The minimum Gasteiger partial charge on any atom is -0.273 e. The highest BCUT2D eigenvalue weighted by molar-refractivity contribution is 5.20. The third-order valence-corrected chi connectivity index (χ3v) is 4.20. The number of nitrogens with zero attached hydrogens (tertiary/aromatic N) is 2. The Morgan fingerprint density at radius 1 is 1.15 bits per heavy atom. The number of rotatable bonds is 11. The predicted molar refractivity (Wildman–Crippen MR) is 85.2 cm³/mol. The van der Waals surface area contributed by atoms with Gasteiger partial charge in [-0.3, -0.25) is 16.0 Å². The van der Waals surface area contributed by atoms with Crippen molar-refractivity contribution < 1.29 is 0 Å². The maximum Gasteiger partial charge on any atom is 0.0540 e. The summed E-state index contributed by atoms with van der Waals surface area (Å²) in [5, 5.41) is 4.29. The van der Waals surface area contributed by atoms with E-state index in [1.807, 2.05) is 17.9 Å². The zero-order chi connectivity index (χ0) is 14.8. The molecule has 3 N–H and O–H groups in total. The van der Waals surface area contributed by atoms with E-state index >= 15 is 0 Å². The zero-order valence-corrected chi connectivity index (χ0v) is 13.5. The van der Waals surface area contributed by atoms with Crippen LogP contribution in [0.4, 0.5) is 0 Å². The van der Waals surface area contributed by atoms with Gasteiger partial charge in [-0.2, -0.15) is 5.10 Å². The summed E-state index contributed by atoms with van der Waals surface area (Å²) >= 11 is 0. The van der Waals surface area contributed by atoms with E-state index in [0.29, 0.717) is 0 Å². The van der Waals surface area contributed by atoms with Crippen molar-refractivity contribution in [3.05, 3.63) is 17.5 Å². The van der Waals surface area contributed by atoms with Crippen molar-refractivity contribution in [2.45, 2.75) is 77.7 Å². The number of hydrogen-bond donors (Lipinski definition) is 2. The average Bonchev–Trinajstić information content (AvgIpc) is 2.78. The molecule has 0 spiro atoms. The van der Waals surface area contributed by atoms with E-state index in [4.69, 9.17) is 5.84 Å². The second kappa shape index (κ2) is 9.94. The van der Waals surface area contributed by atoms with Crippen LogP contribution in [0.3, 0.4) is 0 Å². The van der Waals surface area contributed by atoms with E-state index < -0.39 is 0 Å². The number of nitrogens with one attached hydrogen (secondary N) is 1. The zero-order valence-electron chi connectivity index (χ0n) is 13.5. The van der Waals surface area contributed by atoms with E-state index in [0.717, 1.165) is 6.42 Å². The van der Waals surface area contributed by atoms with Crippen molar-refractivity contribution in [1.82, 2.24) is 15.2 Å². The predicted octanol–water partition coefficient (Wildman–Crippen LogP) is 3.76. The van der Waals surface area contributed by atoms with Gasteiger partial charge in [0.1, 0.15) is 0 Å². The van der Waals surface area contributed by atoms with Gasteiger partial charge >= 0.3 is 0 Å². The molecule has 1 heterocycles. The van der Waals surface area contributed by atoms with Gasteiger partial charge in [-0.25, -0.2) is 0 Å². The van der Waals surface area contributed by atoms with Crippen molar-refractivity contribution in [2.24, 2.45) is 12.9 Å². The summed E-state index contributed by atoms with van der Waals surface area (Å²) in [4.78, 5) is 0. The van der Waals surface area contributed by atoms with Crippen LogP contribution >= 0.6 is 0 Å². The molecule has 0 saturated carbocycles. The average molecular weight is 280 g/mol. The highest BCUT2D eigenvalue weighted by atomic mass is 15.3. The summed E-state index contributed by atoms with van der Waals surface area (Å²) in [5.41, 5.74) is 5.37. The molecule has 4 nitrogen and oxygen atoms in total. The molecule has 1 aromatic rings. The number of nitrogens with two attached hydrogens (primary N) is 1. The molecule has 0 fully saturated rings. The van der Waals surface area contributed by atoms with Crippen molar-refractivity contribution in [3.8, 4) is 0 Å². The lowest BCUT2D eigenvalue weighted by Gasteiger charge is -2.15. The molecule has 0 aliphatic carbocycles. The Morgan fingerprint density at radius 3 is 2.25 bits per heavy atom. The van der Waals surface area contributed by atoms with Gasteiger partial charge < -0.3 is 0 Å². The number of hydrogen-bond acceptors (Lipinski definition) is 3. The van der Waals surface area contributed by atoms with E-state index in [1.165, 1.54) is 62.6 Å². The maximum atomic E-state index is 5.69. The van der Waals surface area contributed by atoms with E-state index in [9.17, 15) is 0 Å². The molecular formula is C16H32N4. The van der Waals surface area contributed by atoms with Gasteiger partial charge in [0.2, 0.25) is 0 Å².